The van der Waals surface area contributed by atoms with Crippen LogP contribution >= 0.6 is 0 Å². The quantitative estimate of drug-likeness (QED) is 0.441. The molecular weight excluding hydrogens is 448 g/mol. The number of rotatable bonds is 5. The minimum Gasteiger partial charge on any atom is -0.354 e. The maximum Gasteiger partial charge on any atom is 0.243 e. The highest BCUT2D eigenvalue weighted by atomic mass is 32.2. The molecule has 8 nitrogen and oxygen atoms in total. The second-order valence-electron chi connectivity index (χ2n) is 8.30. The zero-order valence-electron chi connectivity index (χ0n) is 19.2. The SMILES string of the molecule is Cc1ncn(-c2cc(N3CCN(S(=O)(=O)c4ccc(-c5ccccc5)cc4)CC3)ncn2)c1C. The fraction of sp³-hybridized carbons (Fsp3) is 0.240. The number of nitrogens with zero attached hydrogens (tertiary/aromatic N) is 6. The Morgan fingerprint density at radius 1 is 0.765 bits per heavy atom. The second kappa shape index (κ2) is 9.00. The molecule has 34 heavy (non-hydrogen) atoms. The third-order valence-electron chi connectivity index (χ3n) is 6.30. The smallest absolute Gasteiger partial charge is 0.243 e. The molecule has 3 heterocycles. The fourth-order valence-corrected chi connectivity index (χ4v) is 5.55. The number of aromatic nitrogens is 4. The summed E-state index contributed by atoms with van der Waals surface area (Å²) in [5.74, 6) is 1.52. The van der Waals surface area contributed by atoms with Gasteiger partial charge < -0.3 is 4.90 Å². The first-order valence-corrected chi connectivity index (χ1v) is 12.6. The van der Waals surface area contributed by atoms with Gasteiger partial charge in [0.1, 0.15) is 24.3 Å². The lowest BCUT2D eigenvalue weighted by Gasteiger charge is -2.34. The molecule has 0 spiro atoms. The van der Waals surface area contributed by atoms with Gasteiger partial charge in [-0.2, -0.15) is 4.31 Å². The Balaban J connectivity index is 1.29. The Kier molecular flexibility index (Phi) is 5.89. The number of benzene rings is 2. The van der Waals surface area contributed by atoms with Crippen LogP contribution in [0.5, 0.6) is 0 Å². The number of piperazine rings is 1. The topological polar surface area (TPSA) is 84.2 Å². The molecule has 0 bridgehead atoms. The van der Waals surface area contributed by atoms with Crippen molar-refractivity contribution in [1.82, 2.24) is 23.8 Å². The highest BCUT2D eigenvalue weighted by Crippen LogP contribution is 2.25. The molecule has 0 unspecified atom stereocenters. The van der Waals surface area contributed by atoms with Gasteiger partial charge in [-0.15, -0.1) is 0 Å². The van der Waals surface area contributed by atoms with Crippen LogP contribution in [0.25, 0.3) is 16.9 Å². The lowest BCUT2D eigenvalue weighted by atomic mass is 10.1. The summed E-state index contributed by atoms with van der Waals surface area (Å²) in [6, 6.07) is 18.9. The summed E-state index contributed by atoms with van der Waals surface area (Å²) in [5, 5.41) is 0. The van der Waals surface area contributed by atoms with Crippen LogP contribution in [-0.4, -0.2) is 58.4 Å². The molecule has 0 N–H and O–H groups in total. The summed E-state index contributed by atoms with van der Waals surface area (Å²) in [7, 11) is -3.56. The third-order valence-corrected chi connectivity index (χ3v) is 8.21. The molecule has 0 aliphatic carbocycles. The van der Waals surface area contributed by atoms with E-state index in [1.54, 1.807) is 22.8 Å². The first kappa shape index (κ1) is 22.2. The van der Waals surface area contributed by atoms with Gasteiger partial charge in [0.15, 0.2) is 0 Å². The van der Waals surface area contributed by atoms with Gasteiger partial charge in [-0.05, 0) is 37.1 Å². The molecule has 1 aliphatic heterocycles. The Morgan fingerprint density at radius 3 is 2.06 bits per heavy atom. The van der Waals surface area contributed by atoms with E-state index in [2.05, 4.69) is 19.9 Å². The molecule has 1 fully saturated rings. The molecule has 2 aromatic heterocycles. The Morgan fingerprint density at radius 2 is 1.41 bits per heavy atom. The van der Waals surface area contributed by atoms with E-state index in [1.165, 1.54) is 6.33 Å². The number of sulfonamides is 1. The van der Waals surface area contributed by atoms with E-state index in [0.717, 1.165) is 34.2 Å². The van der Waals surface area contributed by atoms with Crippen LogP contribution in [0, 0.1) is 13.8 Å². The molecule has 0 saturated carbocycles. The molecule has 2 aromatic carbocycles. The monoisotopic (exact) mass is 474 g/mol. The van der Waals surface area contributed by atoms with Crippen molar-refractivity contribution >= 4 is 15.8 Å². The van der Waals surface area contributed by atoms with Crippen molar-refractivity contribution in [2.45, 2.75) is 18.7 Å². The summed E-state index contributed by atoms with van der Waals surface area (Å²) in [6.07, 6.45) is 3.29. The summed E-state index contributed by atoms with van der Waals surface area (Å²) in [6.45, 7) is 5.86. The number of anilines is 1. The summed E-state index contributed by atoms with van der Waals surface area (Å²) in [5.41, 5.74) is 4.03. The normalized spacial score (nSPS) is 14.9. The average molecular weight is 475 g/mol. The van der Waals surface area contributed by atoms with Crippen molar-refractivity contribution in [2.75, 3.05) is 31.1 Å². The lowest BCUT2D eigenvalue weighted by molar-refractivity contribution is 0.383. The van der Waals surface area contributed by atoms with E-state index in [1.807, 2.05) is 66.9 Å². The number of imidazole rings is 1. The van der Waals surface area contributed by atoms with Gasteiger partial charge in [0, 0.05) is 37.9 Å². The minimum absolute atomic E-state index is 0.316. The molecule has 0 amide bonds. The Labute approximate surface area is 199 Å². The molecule has 5 rings (SSSR count). The zero-order valence-corrected chi connectivity index (χ0v) is 20.0. The van der Waals surface area contributed by atoms with Crippen LogP contribution < -0.4 is 4.90 Å². The average Bonchev–Trinajstić information content (AvgIpc) is 3.23. The Bertz CT molecular complexity index is 1390. The maximum atomic E-state index is 13.2. The fourth-order valence-electron chi connectivity index (χ4n) is 4.13. The molecular formula is C25H26N6O2S. The van der Waals surface area contributed by atoms with Crippen molar-refractivity contribution in [3.63, 3.8) is 0 Å². The molecule has 0 atom stereocenters. The first-order chi connectivity index (χ1) is 16.4. The maximum absolute atomic E-state index is 13.2. The largest absolute Gasteiger partial charge is 0.354 e. The highest BCUT2D eigenvalue weighted by Gasteiger charge is 2.29. The van der Waals surface area contributed by atoms with Crippen LogP contribution in [0.2, 0.25) is 0 Å². The van der Waals surface area contributed by atoms with Gasteiger partial charge in [-0.3, -0.25) is 4.57 Å². The Hall–Kier alpha value is -3.56. The lowest BCUT2D eigenvalue weighted by Crippen LogP contribution is -2.48. The highest BCUT2D eigenvalue weighted by molar-refractivity contribution is 7.89. The van der Waals surface area contributed by atoms with E-state index in [0.29, 0.717) is 31.1 Å². The summed E-state index contributed by atoms with van der Waals surface area (Å²) >= 11 is 0. The van der Waals surface area contributed by atoms with Crippen molar-refractivity contribution in [1.29, 1.82) is 0 Å². The van der Waals surface area contributed by atoms with Crippen LogP contribution in [-0.2, 0) is 10.0 Å². The van der Waals surface area contributed by atoms with Gasteiger partial charge in [-0.25, -0.2) is 23.4 Å². The van der Waals surface area contributed by atoms with Crippen LogP contribution in [0.3, 0.4) is 0 Å². The van der Waals surface area contributed by atoms with E-state index in [-0.39, 0.29) is 0 Å². The van der Waals surface area contributed by atoms with Crippen LogP contribution in [0.15, 0.2) is 78.2 Å². The van der Waals surface area contributed by atoms with Crippen molar-refractivity contribution in [2.24, 2.45) is 0 Å². The van der Waals surface area contributed by atoms with E-state index >= 15 is 0 Å². The molecule has 1 saturated heterocycles. The van der Waals surface area contributed by atoms with Crippen LogP contribution in [0.1, 0.15) is 11.4 Å². The van der Waals surface area contributed by atoms with E-state index in [9.17, 15) is 8.42 Å². The molecule has 174 valence electrons. The van der Waals surface area contributed by atoms with Gasteiger partial charge in [-0.1, -0.05) is 42.5 Å². The van der Waals surface area contributed by atoms with E-state index < -0.39 is 10.0 Å². The van der Waals surface area contributed by atoms with Crippen molar-refractivity contribution in [3.05, 3.63) is 84.7 Å². The molecule has 9 heteroatoms. The zero-order chi connectivity index (χ0) is 23.7. The molecule has 0 radical (unpaired) electrons. The second-order valence-corrected chi connectivity index (χ2v) is 10.2. The van der Waals surface area contributed by atoms with Gasteiger partial charge >= 0.3 is 0 Å². The molecule has 4 aromatic rings. The van der Waals surface area contributed by atoms with Gasteiger partial charge in [0.25, 0.3) is 0 Å². The first-order valence-electron chi connectivity index (χ1n) is 11.2. The summed E-state index contributed by atoms with van der Waals surface area (Å²) in [4.78, 5) is 15.5. The third kappa shape index (κ3) is 4.20. The van der Waals surface area contributed by atoms with Crippen molar-refractivity contribution < 1.29 is 8.42 Å². The predicted octanol–water partition coefficient (Wildman–Crippen LogP) is 3.46. The van der Waals surface area contributed by atoms with Crippen LogP contribution in [0.4, 0.5) is 5.82 Å². The number of aryl methyl sites for hydroxylation is 1. The minimum atomic E-state index is -3.56. The number of hydrogen-bond acceptors (Lipinski definition) is 6. The van der Waals surface area contributed by atoms with Crippen molar-refractivity contribution in [3.8, 4) is 16.9 Å². The van der Waals surface area contributed by atoms with Gasteiger partial charge in [0.2, 0.25) is 10.0 Å². The number of hydrogen-bond donors (Lipinski definition) is 0. The predicted molar refractivity (Wildman–Crippen MR) is 131 cm³/mol. The van der Waals surface area contributed by atoms with Gasteiger partial charge in [0.05, 0.1) is 10.6 Å². The molecule has 1 aliphatic rings. The van der Waals surface area contributed by atoms with E-state index in [4.69, 9.17) is 0 Å². The standard InChI is InChI=1S/C25H26N6O2S/c1-19-20(2)31(18-28-19)25-16-24(26-17-27-25)29-12-14-30(15-13-29)34(32,33)23-10-8-22(9-11-23)21-6-4-3-5-7-21/h3-11,16-18H,12-15H2,1-2H3. The summed E-state index contributed by atoms with van der Waals surface area (Å²) < 4.78 is 29.9.